The molecule has 2 rings (SSSR count). The highest BCUT2D eigenvalue weighted by Crippen LogP contribution is 2.21. The molecule has 0 radical (unpaired) electrons. The summed E-state index contributed by atoms with van der Waals surface area (Å²) in [5.41, 5.74) is 1.37. The van der Waals surface area contributed by atoms with E-state index in [4.69, 9.17) is 11.6 Å². The van der Waals surface area contributed by atoms with Crippen molar-refractivity contribution in [3.05, 3.63) is 64.9 Å². The number of rotatable bonds is 4. The SMILES string of the molecule is CC(C)(CNC(=O)c1cc(Cl)ccn1)c1ccccc1. The van der Waals surface area contributed by atoms with E-state index >= 15 is 0 Å². The quantitative estimate of drug-likeness (QED) is 0.936. The monoisotopic (exact) mass is 288 g/mol. The van der Waals surface area contributed by atoms with E-state index in [-0.39, 0.29) is 11.3 Å². The van der Waals surface area contributed by atoms with Crippen molar-refractivity contribution in [3.63, 3.8) is 0 Å². The number of nitrogens with one attached hydrogen (secondary N) is 1. The number of hydrogen-bond donors (Lipinski definition) is 1. The summed E-state index contributed by atoms with van der Waals surface area (Å²) in [6.07, 6.45) is 1.53. The van der Waals surface area contributed by atoms with E-state index in [1.807, 2.05) is 18.2 Å². The zero-order chi connectivity index (χ0) is 14.6. The van der Waals surface area contributed by atoms with Crippen molar-refractivity contribution in [1.29, 1.82) is 0 Å². The third kappa shape index (κ3) is 3.58. The van der Waals surface area contributed by atoms with Crippen molar-refractivity contribution in [2.24, 2.45) is 0 Å². The predicted molar refractivity (Wildman–Crippen MR) is 81.0 cm³/mol. The van der Waals surface area contributed by atoms with Crippen molar-refractivity contribution in [3.8, 4) is 0 Å². The van der Waals surface area contributed by atoms with Crippen LogP contribution in [0.4, 0.5) is 0 Å². The van der Waals surface area contributed by atoms with Crippen LogP contribution in [0.15, 0.2) is 48.7 Å². The molecule has 1 aromatic carbocycles. The maximum atomic E-state index is 12.0. The summed E-state index contributed by atoms with van der Waals surface area (Å²) in [7, 11) is 0. The van der Waals surface area contributed by atoms with Gasteiger partial charge in [-0.3, -0.25) is 9.78 Å². The second-order valence-electron chi connectivity index (χ2n) is 5.29. The van der Waals surface area contributed by atoms with Gasteiger partial charge in [-0.2, -0.15) is 0 Å². The third-order valence-corrected chi connectivity index (χ3v) is 3.44. The first-order chi connectivity index (χ1) is 9.49. The van der Waals surface area contributed by atoms with Gasteiger partial charge in [-0.1, -0.05) is 55.8 Å². The average Bonchev–Trinajstić information content (AvgIpc) is 2.46. The summed E-state index contributed by atoms with van der Waals surface area (Å²) in [4.78, 5) is 16.1. The van der Waals surface area contributed by atoms with Crippen molar-refractivity contribution in [2.75, 3.05) is 6.54 Å². The minimum atomic E-state index is -0.212. The lowest BCUT2D eigenvalue weighted by Crippen LogP contribution is -2.37. The summed E-state index contributed by atoms with van der Waals surface area (Å²) in [6.45, 7) is 4.71. The van der Waals surface area contributed by atoms with E-state index in [1.165, 1.54) is 11.8 Å². The first-order valence-electron chi connectivity index (χ1n) is 6.44. The highest BCUT2D eigenvalue weighted by atomic mass is 35.5. The standard InChI is InChI=1S/C16H17ClN2O/c1-16(2,12-6-4-3-5-7-12)11-19-15(20)14-10-13(17)8-9-18-14/h3-10H,11H2,1-2H3,(H,19,20). The summed E-state index contributed by atoms with van der Waals surface area (Å²) in [6, 6.07) is 13.3. The fraction of sp³-hybridized carbons (Fsp3) is 0.250. The molecule has 3 nitrogen and oxygen atoms in total. The van der Waals surface area contributed by atoms with Gasteiger partial charge in [0.05, 0.1) is 0 Å². The molecule has 4 heteroatoms. The molecule has 2 aromatic rings. The minimum Gasteiger partial charge on any atom is -0.350 e. The van der Waals surface area contributed by atoms with Gasteiger partial charge >= 0.3 is 0 Å². The van der Waals surface area contributed by atoms with E-state index in [0.29, 0.717) is 17.3 Å². The Labute approximate surface area is 124 Å². The van der Waals surface area contributed by atoms with Gasteiger partial charge in [0, 0.05) is 23.2 Å². The van der Waals surface area contributed by atoms with E-state index in [9.17, 15) is 4.79 Å². The summed E-state index contributed by atoms with van der Waals surface area (Å²) >= 11 is 5.85. The molecule has 1 amide bonds. The molecule has 0 atom stereocenters. The number of pyridine rings is 1. The Morgan fingerprint density at radius 3 is 2.60 bits per heavy atom. The molecule has 1 heterocycles. The Bertz CT molecular complexity index is 596. The van der Waals surface area contributed by atoms with Crippen LogP contribution in [0.25, 0.3) is 0 Å². The Kier molecular flexibility index (Phi) is 4.40. The van der Waals surface area contributed by atoms with Crippen LogP contribution in [0.2, 0.25) is 5.02 Å². The van der Waals surface area contributed by atoms with Crippen LogP contribution in [0.1, 0.15) is 29.9 Å². The number of aromatic nitrogens is 1. The van der Waals surface area contributed by atoms with Gasteiger partial charge in [0.1, 0.15) is 5.69 Å². The Hall–Kier alpha value is -1.87. The molecule has 104 valence electrons. The van der Waals surface area contributed by atoms with Gasteiger partial charge in [-0.15, -0.1) is 0 Å². The molecule has 0 saturated carbocycles. The van der Waals surface area contributed by atoms with Gasteiger partial charge in [-0.05, 0) is 17.7 Å². The Balaban J connectivity index is 2.03. The lowest BCUT2D eigenvalue weighted by atomic mass is 9.84. The molecule has 0 saturated heterocycles. The van der Waals surface area contributed by atoms with Crippen LogP contribution in [-0.2, 0) is 5.41 Å². The van der Waals surface area contributed by atoms with Crippen molar-refractivity contribution in [2.45, 2.75) is 19.3 Å². The number of carbonyl (C=O) groups is 1. The molecule has 0 aliphatic carbocycles. The van der Waals surface area contributed by atoms with Crippen LogP contribution < -0.4 is 5.32 Å². The molecule has 1 aromatic heterocycles. The maximum Gasteiger partial charge on any atom is 0.269 e. The van der Waals surface area contributed by atoms with Crippen LogP contribution in [0.3, 0.4) is 0 Å². The molecule has 0 aliphatic heterocycles. The number of amides is 1. The summed E-state index contributed by atoms with van der Waals surface area (Å²) in [5.74, 6) is -0.212. The summed E-state index contributed by atoms with van der Waals surface area (Å²) < 4.78 is 0. The highest BCUT2D eigenvalue weighted by Gasteiger charge is 2.21. The molecule has 20 heavy (non-hydrogen) atoms. The number of benzene rings is 1. The summed E-state index contributed by atoms with van der Waals surface area (Å²) in [5, 5.41) is 3.41. The number of nitrogens with zero attached hydrogens (tertiary/aromatic N) is 1. The van der Waals surface area contributed by atoms with E-state index in [0.717, 1.165) is 0 Å². The third-order valence-electron chi connectivity index (χ3n) is 3.20. The van der Waals surface area contributed by atoms with Gasteiger partial charge in [0.25, 0.3) is 5.91 Å². The molecular weight excluding hydrogens is 272 g/mol. The van der Waals surface area contributed by atoms with Crippen molar-refractivity contribution in [1.82, 2.24) is 10.3 Å². The van der Waals surface area contributed by atoms with Crippen molar-refractivity contribution >= 4 is 17.5 Å². The molecule has 0 unspecified atom stereocenters. The second kappa shape index (κ2) is 6.06. The zero-order valence-electron chi connectivity index (χ0n) is 11.6. The van der Waals surface area contributed by atoms with Gasteiger partial charge in [-0.25, -0.2) is 0 Å². The lowest BCUT2D eigenvalue weighted by molar-refractivity contribution is 0.0940. The zero-order valence-corrected chi connectivity index (χ0v) is 12.3. The van der Waals surface area contributed by atoms with Crippen LogP contribution >= 0.6 is 11.6 Å². The highest BCUT2D eigenvalue weighted by molar-refractivity contribution is 6.30. The first kappa shape index (κ1) is 14.5. The minimum absolute atomic E-state index is 0.143. The molecule has 0 aliphatic rings. The average molecular weight is 289 g/mol. The van der Waals surface area contributed by atoms with Gasteiger partial charge in [0.15, 0.2) is 0 Å². The topological polar surface area (TPSA) is 42.0 Å². The number of carbonyl (C=O) groups excluding carboxylic acids is 1. The van der Waals surface area contributed by atoms with Gasteiger partial charge < -0.3 is 5.32 Å². The van der Waals surface area contributed by atoms with Crippen LogP contribution in [-0.4, -0.2) is 17.4 Å². The van der Waals surface area contributed by atoms with Crippen LogP contribution in [0.5, 0.6) is 0 Å². The second-order valence-corrected chi connectivity index (χ2v) is 5.73. The fourth-order valence-electron chi connectivity index (χ4n) is 1.91. The Morgan fingerprint density at radius 1 is 1.25 bits per heavy atom. The fourth-order valence-corrected chi connectivity index (χ4v) is 2.07. The molecule has 0 spiro atoms. The predicted octanol–water partition coefficient (Wildman–Crippen LogP) is 3.44. The van der Waals surface area contributed by atoms with E-state index < -0.39 is 0 Å². The molecular formula is C16H17ClN2O. The van der Waals surface area contributed by atoms with E-state index in [1.54, 1.807) is 12.1 Å². The largest absolute Gasteiger partial charge is 0.350 e. The normalized spacial score (nSPS) is 11.2. The number of halogens is 1. The van der Waals surface area contributed by atoms with E-state index in [2.05, 4.69) is 36.3 Å². The molecule has 0 bridgehead atoms. The lowest BCUT2D eigenvalue weighted by Gasteiger charge is -2.25. The Morgan fingerprint density at radius 2 is 1.95 bits per heavy atom. The van der Waals surface area contributed by atoms with Gasteiger partial charge in [0.2, 0.25) is 0 Å². The molecule has 0 fully saturated rings. The maximum absolute atomic E-state index is 12.0. The van der Waals surface area contributed by atoms with Crippen molar-refractivity contribution < 1.29 is 4.79 Å². The number of hydrogen-bond acceptors (Lipinski definition) is 2. The first-order valence-corrected chi connectivity index (χ1v) is 6.82. The smallest absolute Gasteiger partial charge is 0.269 e. The molecule has 1 N–H and O–H groups in total. The van der Waals surface area contributed by atoms with Crippen LogP contribution in [0, 0.1) is 0 Å².